The summed E-state index contributed by atoms with van der Waals surface area (Å²) in [6.45, 7) is 4.42. The highest BCUT2D eigenvalue weighted by molar-refractivity contribution is 5.70. The molecule has 2 unspecified atom stereocenters. The van der Waals surface area contributed by atoms with Crippen molar-refractivity contribution in [2.75, 3.05) is 41.0 Å². The Bertz CT molecular complexity index is 1300. The number of carboxylic acid groups (broad SMARTS) is 1. The Labute approximate surface area is 386 Å². The molecule has 0 aromatic rings. The molecule has 8 heteroatoms. The fourth-order valence-corrected chi connectivity index (χ4v) is 6.96. The van der Waals surface area contributed by atoms with E-state index in [0.717, 1.165) is 103 Å². The van der Waals surface area contributed by atoms with E-state index in [1.165, 1.54) is 57.8 Å². The summed E-state index contributed by atoms with van der Waals surface area (Å²) in [7, 11) is 5.40. The summed E-state index contributed by atoms with van der Waals surface area (Å²) in [5.41, 5.74) is 0. The average molecular weight is 880 g/mol. The number of hydrogen-bond donors (Lipinski definition) is 0. The van der Waals surface area contributed by atoms with Gasteiger partial charge in [-0.25, -0.2) is 0 Å². The normalized spacial score (nSPS) is 13.6. The summed E-state index contributed by atoms with van der Waals surface area (Å²) in [5.74, 6) is -1.76. The monoisotopic (exact) mass is 880 g/mol. The van der Waals surface area contributed by atoms with E-state index in [-0.39, 0.29) is 42.7 Å². The number of esters is 2. The van der Waals surface area contributed by atoms with Crippen LogP contribution in [0.5, 0.6) is 0 Å². The third kappa shape index (κ3) is 43.5. The molecule has 0 spiro atoms. The summed E-state index contributed by atoms with van der Waals surface area (Å²) in [6, 6.07) is -0.733. The first kappa shape index (κ1) is 59.5. The van der Waals surface area contributed by atoms with E-state index in [1.54, 1.807) is 21.1 Å². The summed E-state index contributed by atoms with van der Waals surface area (Å²) in [4.78, 5) is 37.0. The number of carbonyl (C=O) groups excluding carboxylic acids is 3. The first-order chi connectivity index (χ1) is 30.6. The highest BCUT2D eigenvalue weighted by Crippen LogP contribution is 2.14. The summed E-state index contributed by atoms with van der Waals surface area (Å²) < 4.78 is 17.2. The Balaban J connectivity index is 4.30. The highest BCUT2D eigenvalue weighted by atomic mass is 16.6. The maximum absolute atomic E-state index is 12.8. The van der Waals surface area contributed by atoms with E-state index in [0.29, 0.717) is 12.8 Å². The molecular formula is C55H93NO7. The van der Waals surface area contributed by atoms with Gasteiger partial charge in [0.1, 0.15) is 12.6 Å². The van der Waals surface area contributed by atoms with Gasteiger partial charge in [0.15, 0.2) is 6.10 Å². The van der Waals surface area contributed by atoms with Crippen molar-refractivity contribution in [2.45, 2.75) is 206 Å². The van der Waals surface area contributed by atoms with Gasteiger partial charge >= 0.3 is 11.9 Å². The number of hydrogen-bond acceptors (Lipinski definition) is 7. The summed E-state index contributed by atoms with van der Waals surface area (Å²) in [5, 5.41) is 11.7. The molecule has 0 aliphatic heterocycles. The minimum Gasteiger partial charge on any atom is -0.544 e. The number of carbonyl (C=O) groups is 3. The van der Waals surface area contributed by atoms with E-state index < -0.39 is 18.1 Å². The quantitative estimate of drug-likeness (QED) is 0.0260. The summed E-state index contributed by atoms with van der Waals surface area (Å²) >= 11 is 0. The second-order valence-electron chi connectivity index (χ2n) is 17.6. The van der Waals surface area contributed by atoms with E-state index in [1.807, 2.05) is 0 Å². The first-order valence-corrected chi connectivity index (χ1v) is 25.1. The molecule has 0 saturated heterocycles. The molecule has 0 aromatic heterocycles. The Morgan fingerprint density at radius 3 is 1.24 bits per heavy atom. The van der Waals surface area contributed by atoms with Crippen molar-refractivity contribution in [2.24, 2.45) is 0 Å². The number of carboxylic acids is 1. The van der Waals surface area contributed by atoms with E-state index in [9.17, 15) is 19.5 Å². The van der Waals surface area contributed by atoms with Gasteiger partial charge < -0.3 is 28.6 Å². The predicted octanol–water partition coefficient (Wildman–Crippen LogP) is 13.1. The second-order valence-corrected chi connectivity index (χ2v) is 17.6. The van der Waals surface area contributed by atoms with Gasteiger partial charge in [0, 0.05) is 19.3 Å². The van der Waals surface area contributed by atoms with E-state index in [2.05, 4.69) is 98.9 Å². The zero-order chi connectivity index (χ0) is 46.3. The van der Waals surface area contributed by atoms with Gasteiger partial charge in [0.2, 0.25) is 0 Å². The summed E-state index contributed by atoms with van der Waals surface area (Å²) in [6.07, 6.45) is 58.9. The molecule has 0 rings (SSSR count). The van der Waals surface area contributed by atoms with Crippen molar-refractivity contribution in [3.05, 3.63) is 85.1 Å². The number of ether oxygens (including phenoxy) is 3. The molecule has 8 nitrogen and oxygen atoms in total. The molecule has 0 radical (unpaired) electrons. The van der Waals surface area contributed by atoms with Gasteiger partial charge in [-0.3, -0.25) is 9.59 Å². The van der Waals surface area contributed by atoms with Crippen LogP contribution in [-0.4, -0.2) is 75.5 Å². The molecule has 0 saturated carbocycles. The lowest BCUT2D eigenvalue weighted by Gasteiger charge is -2.34. The molecule has 0 fully saturated rings. The number of allylic oxidation sites excluding steroid dienone is 14. The zero-order valence-corrected chi connectivity index (χ0v) is 41.0. The second kappa shape index (κ2) is 45.1. The number of unbranched alkanes of at least 4 members (excludes halogenated alkanes) is 16. The van der Waals surface area contributed by atoms with Gasteiger partial charge in [-0.2, -0.15) is 0 Å². The molecule has 0 aliphatic rings. The molecule has 0 bridgehead atoms. The zero-order valence-electron chi connectivity index (χ0n) is 41.0. The van der Waals surface area contributed by atoms with Crippen molar-refractivity contribution in [1.82, 2.24) is 0 Å². The van der Waals surface area contributed by atoms with Crippen molar-refractivity contribution in [3.8, 4) is 0 Å². The van der Waals surface area contributed by atoms with Crippen LogP contribution < -0.4 is 5.11 Å². The van der Waals surface area contributed by atoms with Crippen molar-refractivity contribution in [1.29, 1.82) is 0 Å². The fraction of sp³-hybridized carbons (Fsp3) is 0.691. The van der Waals surface area contributed by atoms with Crippen LogP contribution in [0, 0.1) is 0 Å². The Morgan fingerprint density at radius 2 is 0.841 bits per heavy atom. The van der Waals surface area contributed by atoms with Crippen LogP contribution in [0.25, 0.3) is 0 Å². The molecule has 2 atom stereocenters. The third-order valence-electron chi connectivity index (χ3n) is 10.8. The predicted molar refractivity (Wildman–Crippen MR) is 263 cm³/mol. The Kier molecular flexibility index (Phi) is 42.6. The minimum absolute atomic E-state index is 0.0303. The number of likely N-dealkylation sites (N-methyl/N-ethyl adjacent to an activating group) is 1. The fourth-order valence-electron chi connectivity index (χ4n) is 6.96. The molecule has 0 heterocycles. The lowest BCUT2D eigenvalue weighted by Crippen LogP contribution is -2.55. The first-order valence-electron chi connectivity index (χ1n) is 25.1. The van der Waals surface area contributed by atoms with Gasteiger partial charge in [-0.1, -0.05) is 176 Å². The van der Waals surface area contributed by atoms with Gasteiger partial charge in [0.05, 0.1) is 40.3 Å². The van der Waals surface area contributed by atoms with E-state index in [4.69, 9.17) is 14.2 Å². The maximum Gasteiger partial charge on any atom is 0.306 e. The van der Waals surface area contributed by atoms with Gasteiger partial charge in [-0.15, -0.1) is 0 Å². The SMILES string of the molecule is CC/C=C/C/C=C/C/C=C/C/C=C/CCCCCCCCCC(=O)OC(COCCC(C(=O)[O-])[N+](C)(C)C)COC(=O)CCCCCCCCCCC/C=C/C/C=C/C/C=C/CC. The minimum atomic E-state index is -1.13. The van der Waals surface area contributed by atoms with Crippen molar-refractivity contribution < 1.29 is 38.2 Å². The van der Waals surface area contributed by atoms with Crippen LogP contribution in [-0.2, 0) is 28.6 Å². The van der Waals surface area contributed by atoms with Crippen LogP contribution in [0.2, 0.25) is 0 Å². The largest absolute Gasteiger partial charge is 0.544 e. The molecule has 0 aromatic carbocycles. The number of aliphatic carboxylic acids is 1. The molecule has 0 aliphatic carbocycles. The molecule has 63 heavy (non-hydrogen) atoms. The standard InChI is InChI=1S/C55H93NO7/c1-6-8-10-12-14-16-18-20-22-24-26-28-30-32-34-36-38-40-42-44-46-54(58)63-51(49-61-48-47-52(55(59)60)56(3,4)5)50-62-53(57)45-43-41-39-37-35-33-31-29-27-25-23-21-19-17-15-13-11-9-7-2/h8-11,14-17,20-23,26,28,51-52H,6-7,12-13,18-19,24-25,27,29-50H2,1-5H3/b10-8+,11-9+,16-14+,17-15+,22-20+,23-21+,28-26+. The lowest BCUT2D eigenvalue weighted by atomic mass is 10.1. The third-order valence-corrected chi connectivity index (χ3v) is 10.8. The van der Waals surface area contributed by atoms with Crippen LogP contribution >= 0.6 is 0 Å². The number of quaternary nitrogens is 1. The number of nitrogens with zero attached hydrogens (tertiary/aromatic N) is 1. The number of rotatable bonds is 44. The molecule has 360 valence electrons. The lowest BCUT2D eigenvalue weighted by molar-refractivity contribution is -0.889. The average Bonchev–Trinajstić information content (AvgIpc) is 3.24. The van der Waals surface area contributed by atoms with Crippen molar-refractivity contribution >= 4 is 17.9 Å². The molecular weight excluding hydrogens is 787 g/mol. The van der Waals surface area contributed by atoms with E-state index >= 15 is 0 Å². The van der Waals surface area contributed by atoms with Crippen LogP contribution in [0.4, 0.5) is 0 Å². The smallest absolute Gasteiger partial charge is 0.306 e. The van der Waals surface area contributed by atoms with Crippen LogP contribution in [0.1, 0.15) is 194 Å². The van der Waals surface area contributed by atoms with Crippen LogP contribution in [0.15, 0.2) is 85.1 Å². The highest BCUT2D eigenvalue weighted by Gasteiger charge is 2.25. The molecule has 0 N–H and O–H groups in total. The van der Waals surface area contributed by atoms with Crippen molar-refractivity contribution in [3.63, 3.8) is 0 Å². The molecule has 0 amide bonds. The maximum atomic E-state index is 12.8. The van der Waals surface area contributed by atoms with Gasteiger partial charge in [-0.05, 0) is 83.5 Å². The topological polar surface area (TPSA) is 102 Å². The Morgan fingerprint density at radius 1 is 0.476 bits per heavy atom. The van der Waals surface area contributed by atoms with Crippen LogP contribution in [0.3, 0.4) is 0 Å². The van der Waals surface area contributed by atoms with Gasteiger partial charge in [0.25, 0.3) is 0 Å². The Hall–Kier alpha value is -3.49.